The first-order valence-corrected chi connectivity index (χ1v) is 10.2. The monoisotopic (exact) mass is 335 g/mol. The summed E-state index contributed by atoms with van der Waals surface area (Å²) in [5.74, 6) is 2.22. The van der Waals surface area contributed by atoms with Gasteiger partial charge in [-0.05, 0) is 31.4 Å². The van der Waals surface area contributed by atoms with E-state index in [9.17, 15) is 4.79 Å². The van der Waals surface area contributed by atoms with Crippen LogP contribution in [0.2, 0.25) is 0 Å². The summed E-state index contributed by atoms with van der Waals surface area (Å²) in [6, 6.07) is 7.90. The Morgan fingerprint density at radius 3 is 3.09 bits per heavy atom. The zero-order valence-electron chi connectivity index (χ0n) is 12.5. The predicted molar refractivity (Wildman–Crippen MR) is 94.9 cm³/mol. The topological polar surface area (TPSA) is 57.8 Å². The van der Waals surface area contributed by atoms with Gasteiger partial charge in [0.1, 0.15) is 5.82 Å². The molecule has 4 nitrogen and oxygen atoms in total. The fourth-order valence-corrected chi connectivity index (χ4v) is 5.61. The van der Waals surface area contributed by atoms with Crippen molar-refractivity contribution in [2.45, 2.75) is 43.9 Å². The lowest BCUT2D eigenvalue weighted by molar-refractivity contribution is -0.121. The van der Waals surface area contributed by atoms with Crippen molar-refractivity contribution in [3.05, 3.63) is 30.1 Å². The number of amides is 1. The Balaban J connectivity index is 1.35. The summed E-state index contributed by atoms with van der Waals surface area (Å²) < 4.78 is 0. The van der Waals surface area contributed by atoms with E-state index < -0.39 is 0 Å². The van der Waals surface area contributed by atoms with E-state index in [1.165, 1.54) is 18.6 Å². The van der Waals surface area contributed by atoms with Crippen LogP contribution in [0.5, 0.6) is 0 Å². The first kappa shape index (κ1) is 15.7. The van der Waals surface area contributed by atoms with E-state index in [1.807, 2.05) is 45.9 Å². The molecule has 1 aromatic heterocycles. The molecule has 118 valence electrons. The van der Waals surface area contributed by atoms with E-state index in [1.54, 1.807) is 0 Å². The van der Waals surface area contributed by atoms with Crippen LogP contribution in [0.3, 0.4) is 0 Å². The number of para-hydroxylation sites is 2. The Kier molecular flexibility index (Phi) is 5.67. The Morgan fingerprint density at radius 2 is 2.27 bits per heavy atom. The summed E-state index contributed by atoms with van der Waals surface area (Å²) in [5, 5.41) is 3.76. The third kappa shape index (κ3) is 4.43. The number of H-pyrrole nitrogens is 1. The second-order valence-corrected chi connectivity index (χ2v) is 8.34. The van der Waals surface area contributed by atoms with E-state index in [0.29, 0.717) is 13.0 Å². The third-order valence-electron chi connectivity index (χ3n) is 3.80. The van der Waals surface area contributed by atoms with Crippen LogP contribution in [0.1, 0.15) is 37.9 Å². The second kappa shape index (κ2) is 7.92. The molecule has 1 aliphatic heterocycles. The number of nitrogens with one attached hydrogen (secondary N) is 2. The van der Waals surface area contributed by atoms with Crippen molar-refractivity contribution in [2.75, 3.05) is 5.75 Å². The summed E-state index contributed by atoms with van der Waals surface area (Å²) >= 11 is 0. The summed E-state index contributed by atoms with van der Waals surface area (Å²) in [5.41, 5.74) is 1.96. The lowest BCUT2D eigenvalue weighted by atomic mass is 10.1. The average Bonchev–Trinajstić information content (AvgIpc) is 3.18. The van der Waals surface area contributed by atoms with Crippen LogP contribution in [-0.4, -0.2) is 26.9 Å². The van der Waals surface area contributed by atoms with Crippen LogP contribution in [-0.2, 0) is 11.3 Å². The van der Waals surface area contributed by atoms with Crippen molar-refractivity contribution in [2.24, 2.45) is 0 Å². The molecule has 1 saturated heterocycles. The minimum atomic E-state index is 0.119. The molecule has 0 radical (unpaired) electrons. The van der Waals surface area contributed by atoms with E-state index in [4.69, 9.17) is 0 Å². The Hall–Kier alpha value is -1.14. The van der Waals surface area contributed by atoms with Crippen LogP contribution in [0, 0.1) is 0 Å². The predicted octanol–water partition coefficient (Wildman–Crippen LogP) is 3.89. The fraction of sp³-hybridized carbons (Fsp3) is 0.500. The molecule has 0 saturated carbocycles. The van der Waals surface area contributed by atoms with Gasteiger partial charge in [-0.1, -0.05) is 40.1 Å². The standard InChI is InChI=1S/C16H21N3OS2/c20-16(8-4-1-5-12-9-10-21-22-12)17-11-15-18-13-6-2-3-7-14(13)19-15/h2-3,6-7,12H,1,4-5,8-11H2,(H,17,20)(H,18,19)/t12-/m1/s1. The van der Waals surface area contributed by atoms with E-state index in [0.717, 1.165) is 34.9 Å². The molecule has 3 rings (SSSR count). The molecule has 2 N–H and O–H groups in total. The number of benzene rings is 1. The molecule has 1 fully saturated rings. The number of carbonyl (C=O) groups is 1. The molecular weight excluding hydrogens is 314 g/mol. The molecule has 0 aliphatic carbocycles. The molecule has 1 amide bonds. The average molecular weight is 335 g/mol. The Bertz CT molecular complexity index is 590. The number of aromatic nitrogens is 2. The lowest BCUT2D eigenvalue weighted by Crippen LogP contribution is -2.23. The number of hydrogen-bond donors (Lipinski definition) is 2. The minimum Gasteiger partial charge on any atom is -0.349 e. The summed E-state index contributed by atoms with van der Waals surface area (Å²) in [7, 11) is 4.00. The Labute approximate surface area is 138 Å². The van der Waals surface area contributed by atoms with Gasteiger partial charge in [-0.15, -0.1) is 0 Å². The maximum absolute atomic E-state index is 11.9. The number of fused-ring (bicyclic) bond motifs is 1. The molecule has 2 heterocycles. The largest absolute Gasteiger partial charge is 0.349 e. The maximum Gasteiger partial charge on any atom is 0.220 e. The first-order valence-electron chi connectivity index (χ1n) is 7.80. The smallest absolute Gasteiger partial charge is 0.220 e. The number of carbonyl (C=O) groups excluding carboxylic acids is 1. The van der Waals surface area contributed by atoms with Gasteiger partial charge in [0.2, 0.25) is 5.91 Å². The van der Waals surface area contributed by atoms with E-state index >= 15 is 0 Å². The van der Waals surface area contributed by atoms with Crippen molar-refractivity contribution in [3.63, 3.8) is 0 Å². The number of rotatable bonds is 7. The molecule has 22 heavy (non-hydrogen) atoms. The van der Waals surface area contributed by atoms with Crippen LogP contribution in [0.4, 0.5) is 0 Å². The molecule has 1 aliphatic rings. The van der Waals surface area contributed by atoms with Gasteiger partial charge >= 0.3 is 0 Å². The molecular formula is C16H21N3OS2. The molecule has 0 spiro atoms. The lowest BCUT2D eigenvalue weighted by Gasteiger charge is -2.07. The molecule has 0 unspecified atom stereocenters. The normalized spacial score (nSPS) is 17.9. The van der Waals surface area contributed by atoms with Crippen molar-refractivity contribution in [1.82, 2.24) is 15.3 Å². The number of imidazole rings is 1. The SMILES string of the molecule is O=C(CCCC[C@@H]1CCSS1)NCc1nc2ccccc2[nH]1. The number of aromatic amines is 1. The van der Waals surface area contributed by atoms with E-state index in [2.05, 4.69) is 15.3 Å². The zero-order valence-corrected chi connectivity index (χ0v) is 14.1. The minimum absolute atomic E-state index is 0.119. The van der Waals surface area contributed by atoms with E-state index in [-0.39, 0.29) is 5.91 Å². The van der Waals surface area contributed by atoms with Crippen LogP contribution in [0.15, 0.2) is 24.3 Å². The van der Waals surface area contributed by atoms with Gasteiger partial charge in [-0.25, -0.2) is 4.98 Å². The van der Waals surface area contributed by atoms with Gasteiger partial charge in [0.05, 0.1) is 17.6 Å². The number of nitrogens with zero attached hydrogens (tertiary/aromatic N) is 1. The van der Waals surface area contributed by atoms with Crippen molar-refractivity contribution >= 4 is 38.5 Å². The summed E-state index contributed by atoms with van der Waals surface area (Å²) in [4.78, 5) is 19.5. The second-order valence-electron chi connectivity index (χ2n) is 5.55. The van der Waals surface area contributed by atoms with Crippen molar-refractivity contribution in [1.29, 1.82) is 0 Å². The van der Waals surface area contributed by atoms with Crippen molar-refractivity contribution in [3.8, 4) is 0 Å². The molecule has 1 aromatic carbocycles. The molecule has 6 heteroatoms. The first-order chi connectivity index (χ1) is 10.8. The third-order valence-corrected chi connectivity index (χ3v) is 6.81. The van der Waals surface area contributed by atoms with Gasteiger partial charge in [-0.3, -0.25) is 4.79 Å². The highest BCUT2D eigenvalue weighted by atomic mass is 33.1. The molecule has 0 bridgehead atoms. The van der Waals surface area contributed by atoms with Gasteiger partial charge in [-0.2, -0.15) is 0 Å². The summed E-state index contributed by atoms with van der Waals surface area (Å²) in [6.07, 6.45) is 5.32. The van der Waals surface area contributed by atoms with Gasteiger partial charge in [0.15, 0.2) is 0 Å². The zero-order chi connectivity index (χ0) is 15.2. The van der Waals surface area contributed by atoms with Crippen molar-refractivity contribution < 1.29 is 4.79 Å². The number of hydrogen-bond acceptors (Lipinski definition) is 4. The highest BCUT2D eigenvalue weighted by Gasteiger charge is 2.15. The molecule has 2 aromatic rings. The van der Waals surface area contributed by atoms with Crippen LogP contribution >= 0.6 is 21.6 Å². The molecule has 1 atom stereocenters. The van der Waals surface area contributed by atoms with Gasteiger partial charge in [0, 0.05) is 17.4 Å². The Morgan fingerprint density at radius 1 is 1.36 bits per heavy atom. The maximum atomic E-state index is 11.9. The summed E-state index contributed by atoms with van der Waals surface area (Å²) in [6.45, 7) is 0.475. The van der Waals surface area contributed by atoms with Gasteiger partial charge < -0.3 is 10.3 Å². The quantitative estimate of drug-likeness (QED) is 0.595. The fourth-order valence-electron chi connectivity index (χ4n) is 2.58. The van der Waals surface area contributed by atoms with Crippen LogP contribution in [0.25, 0.3) is 11.0 Å². The van der Waals surface area contributed by atoms with Crippen LogP contribution < -0.4 is 5.32 Å². The highest BCUT2D eigenvalue weighted by Crippen LogP contribution is 2.39. The number of unbranched alkanes of at least 4 members (excludes halogenated alkanes) is 1. The van der Waals surface area contributed by atoms with Gasteiger partial charge in [0.25, 0.3) is 0 Å². The highest BCUT2D eigenvalue weighted by molar-refractivity contribution is 8.77.